The number of hydrazone groups is 1. The van der Waals surface area contributed by atoms with Gasteiger partial charge in [-0.15, -0.1) is 0 Å². The number of benzene rings is 4. The molecule has 2 heterocycles. The molecule has 0 saturated heterocycles. The lowest BCUT2D eigenvalue weighted by Crippen LogP contribution is -2.21. The highest BCUT2D eigenvalue weighted by Gasteiger charge is 2.33. The minimum Gasteiger partial charge on any atom is -0.493 e. The van der Waals surface area contributed by atoms with E-state index in [1.54, 1.807) is 6.08 Å². The molecule has 4 aromatic carbocycles. The van der Waals surface area contributed by atoms with E-state index < -0.39 is 0 Å². The van der Waals surface area contributed by atoms with Crippen LogP contribution in [0.5, 0.6) is 5.88 Å². The highest BCUT2D eigenvalue weighted by molar-refractivity contribution is 6.37. The van der Waals surface area contributed by atoms with Crippen molar-refractivity contribution in [3.8, 4) is 22.8 Å². The van der Waals surface area contributed by atoms with Crippen LogP contribution in [-0.2, 0) is 4.79 Å². The van der Waals surface area contributed by atoms with Crippen LogP contribution in [-0.4, -0.2) is 26.5 Å². The van der Waals surface area contributed by atoms with Gasteiger partial charge in [-0.05, 0) is 30.3 Å². The van der Waals surface area contributed by atoms with Crippen molar-refractivity contribution in [3.05, 3.63) is 138 Å². The predicted molar refractivity (Wildman–Crippen MR) is 146 cm³/mol. The molecule has 6 rings (SSSR count). The van der Waals surface area contributed by atoms with Gasteiger partial charge in [0.15, 0.2) is 0 Å². The molecule has 0 unspecified atom stereocenters. The zero-order chi connectivity index (χ0) is 25.2. The number of rotatable bonds is 5. The average molecular weight is 483 g/mol. The molecule has 0 bridgehead atoms. The molecule has 0 saturated carbocycles. The van der Waals surface area contributed by atoms with Gasteiger partial charge in [0.05, 0.1) is 22.5 Å². The second kappa shape index (κ2) is 9.43. The van der Waals surface area contributed by atoms with Gasteiger partial charge in [0.1, 0.15) is 11.4 Å². The highest BCUT2D eigenvalue weighted by atomic mass is 16.3. The van der Waals surface area contributed by atoms with E-state index in [0.29, 0.717) is 33.9 Å². The third-order valence-corrected chi connectivity index (χ3v) is 6.16. The van der Waals surface area contributed by atoms with Gasteiger partial charge in [0.25, 0.3) is 5.91 Å². The first-order chi connectivity index (χ1) is 18.2. The molecule has 1 aliphatic rings. The van der Waals surface area contributed by atoms with Gasteiger partial charge in [-0.3, -0.25) is 4.79 Å². The van der Waals surface area contributed by atoms with Crippen LogP contribution in [0, 0.1) is 0 Å². The van der Waals surface area contributed by atoms with Crippen molar-refractivity contribution in [1.29, 1.82) is 0 Å². The number of hydrogen-bond acceptors (Lipinski definition) is 4. The van der Waals surface area contributed by atoms with Crippen molar-refractivity contribution in [3.63, 3.8) is 0 Å². The predicted octanol–water partition coefficient (Wildman–Crippen LogP) is 6.08. The summed E-state index contributed by atoms with van der Waals surface area (Å²) in [4.78, 5) is 13.8. The maximum Gasteiger partial charge on any atom is 0.281 e. The summed E-state index contributed by atoms with van der Waals surface area (Å²) in [5.74, 6) is -0.341. The zero-order valence-corrected chi connectivity index (χ0v) is 19.8. The highest BCUT2D eigenvalue weighted by Crippen LogP contribution is 2.36. The Morgan fingerprint density at radius 1 is 0.649 bits per heavy atom. The fourth-order valence-electron chi connectivity index (χ4n) is 4.36. The van der Waals surface area contributed by atoms with Crippen LogP contribution in [0.4, 0.5) is 5.69 Å². The number of amides is 1. The van der Waals surface area contributed by atoms with Gasteiger partial charge in [0.2, 0.25) is 5.88 Å². The fraction of sp³-hybridized carbons (Fsp3) is 0. The summed E-state index contributed by atoms with van der Waals surface area (Å²) in [5, 5.41) is 22.3. The SMILES string of the molecule is O=C1/C(=C\c2c(-c3ccccc3)nn(-c3ccccc3)c2O)C(c2ccccc2)=NN1c1ccccc1. The van der Waals surface area contributed by atoms with Gasteiger partial charge in [-0.1, -0.05) is 97.1 Å². The number of para-hydroxylation sites is 2. The summed E-state index contributed by atoms with van der Waals surface area (Å²) in [6, 6.07) is 37.9. The van der Waals surface area contributed by atoms with E-state index in [-0.39, 0.29) is 11.8 Å². The number of aromatic hydroxyl groups is 1. The molecule has 0 aliphatic carbocycles. The summed E-state index contributed by atoms with van der Waals surface area (Å²) in [6.07, 6.45) is 1.70. The second-order valence-electron chi connectivity index (χ2n) is 8.52. The van der Waals surface area contributed by atoms with Gasteiger partial charge >= 0.3 is 0 Å². The normalized spacial score (nSPS) is 14.3. The van der Waals surface area contributed by atoms with Gasteiger partial charge in [-0.2, -0.15) is 15.2 Å². The van der Waals surface area contributed by atoms with Gasteiger partial charge in [-0.25, -0.2) is 4.68 Å². The van der Waals surface area contributed by atoms with Crippen LogP contribution in [0.1, 0.15) is 11.1 Å². The van der Waals surface area contributed by atoms with Crippen molar-refractivity contribution < 1.29 is 9.90 Å². The summed E-state index contributed by atoms with van der Waals surface area (Å²) in [7, 11) is 0. The average Bonchev–Trinajstić information content (AvgIpc) is 3.47. The van der Waals surface area contributed by atoms with Crippen LogP contribution in [0.25, 0.3) is 23.0 Å². The van der Waals surface area contributed by atoms with E-state index in [0.717, 1.165) is 11.1 Å². The van der Waals surface area contributed by atoms with Crippen molar-refractivity contribution in [2.45, 2.75) is 0 Å². The molecular weight excluding hydrogens is 460 g/mol. The first kappa shape index (κ1) is 22.2. The lowest BCUT2D eigenvalue weighted by Gasteiger charge is -2.11. The lowest BCUT2D eigenvalue weighted by molar-refractivity contribution is -0.114. The number of hydrogen-bond donors (Lipinski definition) is 1. The molecule has 6 heteroatoms. The zero-order valence-electron chi connectivity index (χ0n) is 19.8. The minimum atomic E-state index is -0.282. The van der Waals surface area contributed by atoms with E-state index >= 15 is 0 Å². The van der Waals surface area contributed by atoms with E-state index in [2.05, 4.69) is 0 Å². The molecule has 0 fully saturated rings. The molecule has 37 heavy (non-hydrogen) atoms. The number of aromatic nitrogens is 2. The van der Waals surface area contributed by atoms with Crippen molar-refractivity contribution in [1.82, 2.24) is 9.78 Å². The Morgan fingerprint density at radius 2 is 1.16 bits per heavy atom. The smallest absolute Gasteiger partial charge is 0.281 e. The second-order valence-corrected chi connectivity index (χ2v) is 8.52. The fourth-order valence-corrected chi connectivity index (χ4v) is 4.36. The lowest BCUT2D eigenvalue weighted by atomic mass is 9.99. The third-order valence-electron chi connectivity index (χ3n) is 6.16. The molecule has 6 nitrogen and oxygen atoms in total. The molecular formula is C31H22N4O2. The Morgan fingerprint density at radius 3 is 1.76 bits per heavy atom. The Labute approximate surface area is 214 Å². The van der Waals surface area contributed by atoms with E-state index in [9.17, 15) is 9.90 Å². The summed E-state index contributed by atoms with van der Waals surface area (Å²) in [6.45, 7) is 0. The summed E-state index contributed by atoms with van der Waals surface area (Å²) < 4.78 is 1.49. The maximum atomic E-state index is 13.8. The van der Waals surface area contributed by atoms with Crippen LogP contribution in [0.3, 0.4) is 0 Å². The Bertz CT molecular complexity index is 1620. The molecule has 0 radical (unpaired) electrons. The van der Waals surface area contributed by atoms with Crippen LogP contribution in [0.15, 0.2) is 132 Å². The Hall–Kier alpha value is -5.23. The number of carbonyl (C=O) groups excluding carboxylic acids is 1. The third kappa shape index (κ3) is 4.10. The maximum absolute atomic E-state index is 13.8. The quantitative estimate of drug-likeness (QED) is 0.309. The Balaban J connectivity index is 1.56. The summed E-state index contributed by atoms with van der Waals surface area (Å²) in [5.41, 5.74) is 4.90. The molecule has 1 amide bonds. The molecule has 1 N–H and O–H groups in total. The monoisotopic (exact) mass is 482 g/mol. The summed E-state index contributed by atoms with van der Waals surface area (Å²) >= 11 is 0. The first-order valence-electron chi connectivity index (χ1n) is 11.9. The number of anilines is 1. The van der Waals surface area contributed by atoms with Crippen molar-refractivity contribution in [2.75, 3.05) is 5.01 Å². The minimum absolute atomic E-state index is 0.0593. The molecule has 1 aliphatic heterocycles. The van der Waals surface area contributed by atoms with Crippen molar-refractivity contribution >= 4 is 23.4 Å². The van der Waals surface area contributed by atoms with E-state index in [4.69, 9.17) is 10.2 Å². The topological polar surface area (TPSA) is 70.7 Å². The molecule has 0 atom stereocenters. The van der Waals surface area contributed by atoms with E-state index in [1.165, 1.54) is 9.69 Å². The standard InChI is InChI=1S/C31H22N4O2/c36-30-26(28(22-13-5-1-6-14-22)32-34(30)24-17-9-3-10-18-24)21-27-29(23-15-7-2-8-16-23)33-35(31(27)37)25-19-11-4-12-20-25/h1-21,36H/b27-21-. The number of nitrogens with zero attached hydrogens (tertiary/aromatic N) is 4. The largest absolute Gasteiger partial charge is 0.493 e. The molecule has 178 valence electrons. The molecule has 1 aromatic heterocycles. The van der Waals surface area contributed by atoms with Gasteiger partial charge in [0, 0.05) is 11.1 Å². The van der Waals surface area contributed by atoms with Gasteiger partial charge < -0.3 is 5.11 Å². The van der Waals surface area contributed by atoms with Crippen LogP contribution < -0.4 is 5.01 Å². The van der Waals surface area contributed by atoms with Crippen LogP contribution >= 0.6 is 0 Å². The first-order valence-corrected chi connectivity index (χ1v) is 11.9. The Kier molecular flexibility index (Phi) is 5.67. The van der Waals surface area contributed by atoms with E-state index in [1.807, 2.05) is 121 Å². The molecule has 0 spiro atoms. The number of carbonyl (C=O) groups is 1. The van der Waals surface area contributed by atoms with Crippen molar-refractivity contribution in [2.24, 2.45) is 5.10 Å². The van der Waals surface area contributed by atoms with Crippen LogP contribution in [0.2, 0.25) is 0 Å². The molecule has 5 aromatic rings.